The number of nitrogens with zero attached hydrogens (tertiary/aromatic N) is 4. The largest absolute Gasteiger partial charge is 0.366 e. The molecule has 168 valence electrons. The van der Waals surface area contributed by atoms with Gasteiger partial charge >= 0.3 is 0 Å². The molecule has 0 saturated carbocycles. The van der Waals surface area contributed by atoms with Crippen LogP contribution in [0.1, 0.15) is 36.5 Å². The molecule has 1 saturated heterocycles. The monoisotopic (exact) mass is 438 g/mol. The Balaban J connectivity index is 1.63. The van der Waals surface area contributed by atoms with E-state index in [1.165, 1.54) is 12.3 Å². The van der Waals surface area contributed by atoms with Crippen LogP contribution < -0.4 is 16.0 Å². The Labute approximate surface area is 185 Å². The molecule has 0 spiro atoms. The molecule has 3 heterocycles. The molecule has 3 rings (SSSR count). The maximum absolute atomic E-state index is 12.7. The second-order valence-corrected chi connectivity index (χ2v) is 7.50. The molecule has 1 aliphatic rings. The van der Waals surface area contributed by atoms with E-state index in [9.17, 15) is 14.4 Å². The molecule has 1 unspecified atom stereocenters. The molecule has 0 aromatic carbocycles. The topological polar surface area (TPSA) is 156 Å². The molecule has 2 aromatic heterocycles. The highest BCUT2D eigenvalue weighted by molar-refractivity contribution is 6.06. The molecule has 0 radical (unpaired) electrons. The van der Waals surface area contributed by atoms with Crippen LogP contribution in [0.3, 0.4) is 0 Å². The number of carbonyl (C=O) groups is 3. The van der Waals surface area contributed by atoms with Crippen LogP contribution in [0.15, 0.2) is 25.0 Å². The molecule has 3 amide bonds. The zero-order valence-electron chi connectivity index (χ0n) is 17.9. The number of nitrogens with one attached hydrogen (secondary N) is 4. The summed E-state index contributed by atoms with van der Waals surface area (Å²) in [4.78, 5) is 50.0. The van der Waals surface area contributed by atoms with Crippen LogP contribution >= 0.6 is 0 Å². The minimum atomic E-state index is -0.774. The molecule has 1 fully saturated rings. The van der Waals surface area contributed by atoms with Gasteiger partial charge in [-0.15, -0.1) is 0 Å². The van der Waals surface area contributed by atoms with Gasteiger partial charge in [0.1, 0.15) is 17.4 Å². The molecular formula is C21H26N8O3. The van der Waals surface area contributed by atoms with Crippen molar-refractivity contribution in [2.45, 2.75) is 38.3 Å². The molecule has 1 aliphatic heterocycles. The highest BCUT2D eigenvalue weighted by Gasteiger charge is 2.23. The highest BCUT2D eigenvalue weighted by atomic mass is 16.2. The Bertz CT molecular complexity index is 1050. The van der Waals surface area contributed by atoms with E-state index in [-0.39, 0.29) is 36.4 Å². The minimum Gasteiger partial charge on any atom is -0.366 e. The number of H-pyrrole nitrogens is 1. The van der Waals surface area contributed by atoms with E-state index in [2.05, 4.69) is 37.5 Å². The number of fused-ring (bicyclic) bond motifs is 1. The van der Waals surface area contributed by atoms with Crippen LogP contribution in [0.5, 0.6) is 0 Å². The average Bonchev–Trinajstić information content (AvgIpc) is 3.22. The van der Waals surface area contributed by atoms with Crippen molar-refractivity contribution >= 4 is 34.7 Å². The van der Waals surface area contributed by atoms with Crippen molar-refractivity contribution in [2.24, 2.45) is 0 Å². The zero-order valence-corrected chi connectivity index (χ0v) is 17.9. The molecule has 4 N–H and O–H groups in total. The first kappa shape index (κ1) is 22.7. The van der Waals surface area contributed by atoms with E-state index >= 15 is 0 Å². The van der Waals surface area contributed by atoms with Gasteiger partial charge in [0, 0.05) is 31.9 Å². The van der Waals surface area contributed by atoms with Gasteiger partial charge in [-0.1, -0.05) is 6.58 Å². The van der Waals surface area contributed by atoms with Crippen LogP contribution in [0, 0.1) is 11.3 Å². The predicted octanol–water partition coefficient (Wildman–Crippen LogP) is 0.695. The zero-order chi connectivity index (χ0) is 23.1. The van der Waals surface area contributed by atoms with Gasteiger partial charge in [0.05, 0.1) is 24.3 Å². The number of hydrogen-bond donors (Lipinski definition) is 4. The minimum absolute atomic E-state index is 0.0689. The summed E-state index contributed by atoms with van der Waals surface area (Å²) in [5.41, 5.74) is 1.13. The molecule has 2 aromatic rings. The Morgan fingerprint density at radius 2 is 2.16 bits per heavy atom. The quantitative estimate of drug-likeness (QED) is 0.349. The SMILES string of the molecule is C=CC(=O)N1CCC(Nc2cnc3[nH]cc(C(=O)NC(C)C(=O)NCCC#N)c3n2)CC1. The summed E-state index contributed by atoms with van der Waals surface area (Å²) < 4.78 is 0. The standard InChI is InChI=1S/C21H26N8O3/c1-3-17(30)29-9-5-14(6-10-29)27-16-12-25-19-18(28-16)15(11-24-19)21(32)26-13(2)20(31)23-8-4-7-22/h3,11-14H,1,4-6,8-10H2,2H3,(H,23,31)(H,24,25)(H,26,32)(H,27,28). The first-order chi connectivity index (χ1) is 15.4. The van der Waals surface area contributed by atoms with Crippen molar-refractivity contribution in [3.63, 3.8) is 0 Å². The Morgan fingerprint density at radius 1 is 1.41 bits per heavy atom. The first-order valence-corrected chi connectivity index (χ1v) is 10.4. The van der Waals surface area contributed by atoms with Gasteiger partial charge in [0.15, 0.2) is 5.65 Å². The number of rotatable bonds is 8. The van der Waals surface area contributed by atoms with Crippen LogP contribution in [-0.4, -0.2) is 69.3 Å². The fourth-order valence-corrected chi connectivity index (χ4v) is 3.45. The molecule has 1 atom stereocenters. The number of amides is 3. The van der Waals surface area contributed by atoms with E-state index in [0.717, 1.165) is 12.8 Å². The van der Waals surface area contributed by atoms with Gasteiger partial charge in [0.25, 0.3) is 5.91 Å². The molecule has 32 heavy (non-hydrogen) atoms. The lowest BCUT2D eigenvalue weighted by Gasteiger charge is -2.31. The number of piperidine rings is 1. The number of likely N-dealkylation sites (tertiary alicyclic amines) is 1. The molecule has 11 nitrogen and oxygen atoms in total. The van der Waals surface area contributed by atoms with Gasteiger partial charge in [0.2, 0.25) is 11.8 Å². The van der Waals surface area contributed by atoms with E-state index in [0.29, 0.717) is 30.1 Å². The van der Waals surface area contributed by atoms with Crippen LogP contribution in [0.4, 0.5) is 5.82 Å². The summed E-state index contributed by atoms with van der Waals surface area (Å²) in [6.07, 6.45) is 6.14. The maximum Gasteiger partial charge on any atom is 0.255 e. The summed E-state index contributed by atoms with van der Waals surface area (Å²) in [5, 5.41) is 17.1. The fourth-order valence-electron chi connectivity index (χ4n) is 3.45. The number of anilines is 1. The van der Waals surface area contributed by atoms with E-state index in [1.807, 2.05) is 6.07 Å². The van der Waals surface area contributed by atoms with Crippen LogP contribution in [0.25, 0.3) is 11.2 Å². The first-order valence-electron chi connectivity index (χ1n) is 10.4. The number of hydrogen-bond acceptors (Lipinski definition) is 7. The second kappa shape index (κ2) is 10.4. The molecular weight excluding hydrogens is 412 g/mol. The smallest absolute Gasteiger partial charge is 0.255 e. The van der Waals surface area contributed by atoms with Crippen LogP contribution in [0.2, 0.25) is 0 Å². The fraction of sp³-hybridized carbons (Fsp3) is 0.429. The Kier molecular flexibility index (Phi) is 7.38. The van der Waals surface area contributed by atoms with Crippen molar-refractivity contribution in [1.29, 1.82) is 5.26 Å². The van der Waals surface area contributed by atoms with E-state index < -0.39 is 11.9 Å². The number of aromatic amines is 1. The van der Waals surface area contributed by atoms with Crippen molar-refractivity contribution < 1.29 is 14.4 Å². The molecule has 0 aliphatic carbocycles. The maximum atomic E-state index is 12.7. The van der Waals surface area contributed by atoms with Gasteiger partial charge in [-0.2, -0.15) is 5.26 Å². The van der Waals surface area contributed by atoms with Gasteiger partial charge < -0.3 is 25.8 Å². The van der Waals surface area contributed by atoms with Crippen molar-refractivity contribution in [1.82, 2.24) is 30.5 Å². The Morgan fingerprint density at radius 3 is 2.84 bits per heavy atom. The average molecular weight is 438 g/mol. The third kappa shape index (κ3) is 5.40. The molecule has 0 bridgehead atoms. The predicted molar refractivity (Wildman–Crippen MR) is 117 cm³/mol. The number of carbonyl (C=O) groups excluding carboxylic acids is 3. The third-order valence-electron chi connectivity index (χ3n) is 5.24. The lowest BCUT2D eigenvalue weighted by atomic mass is 10.1. The number of aromatic nitrogens is 3. The summed E-state index contributed by atoms with van der Waals surface area (Å²) >= 11 is 0. The van der Waals surface area contributed by atoms with Gasteiger partial charge in [-0.25, -0.2) is 9.97 Å². The lowest BCUT2D eigenvalue weighted by Crippen LogP contribution is -2.45. The highest BCUT2D eigenvalue weighted by Crippen LogP contribution is 2.19. The van der Waals surface area contributed by atoms with Crippen molar-refractivity contribution in [3.05, 3.63) is 30.6 Å². The van der Waals surface area contributed by atoms with Gasteiger partial charge in [-0.3, -0.25) is 14.4 Å². The second-order valence-electron chi connectivity index (χ2n) is 7.50. The summed E-state index contributed by atoms with van der Waals surface area (Å²) in [6.45, 7) is 6.57. The van der Waals surface area contributed by atoms with E-state index in [1.54, 1.807) is 18.0 Å². The summed E-state index contributed by atoms with van der Waals surface area (Å²) in [6, 6.07) is 1.30. The summed E-state index contributed by atoms with van der Waals surface area (Å²) in [5.74, 6) is -0.368. The normalized spacial score (nSPS) is 14.9. The number of nitriles is 1. The van der Waals surface area contributed by atoms with E-state index in [4.69, 9.17) is 5.26 Å². The third-order valence-corrected chi connectivity index (χ3v) is 5.24. The molecule has 11 heteroatoms. The van der Waals surface area contributed by atoms with Crippen LogP contribution in [-0.2, 0) is 9.59 Å². The Hall–Kier alpha value is -3.94. The van der Waals surface area contributed by atoms with Crippen molar-refractivity contribution in [3.8, 4) is 6.07 Å². The van der Waals surface area contributed by atoms with Crippen molar-refractivity contribution in [2.75, 3.05) is 25.0 Å². The summed E-state index contributed by atoms with van der Waals surface area (Å²) in [7, 11) is 0. The lowest BCUT2D eigenvalue weighted by molar-refractivity contribution is -0.127. The van der Waals surface area contributed by atoms with Gasteiger partial charge in [-0.05, 0) is 25.8 Å².